The summed E-state index contributed by atoms with van der Waals surface area (Å²) < 4.78 is 23.8. The third kappa shape index (κ3) is 4.57. The van der Waals surface area contributed by atoms with Gasteiger partial charge in [-0.25, -0.2) is 4.39 Å². The normalized spacial score (nSPS) is 15.0. The number of hydrogen-bond donors (Lipinski definition) is 1. The number of hydrogen-bond acceptors (Lipinski definition) is 4. The summed E-state index contributed by atoms with van der Waals surface area (Å²) in [6.07, 6.45) is 0.858. The number of carbonyl (C=O) groups excluding carboxylic acids is 1. The molecule has 27 heavy (non-hydrogen) atoms. The molecule has 1 atom stereocenters. The van der Waals surface area contributed by atoms with Crippen molar-refractivity contribution in [2.45, 2.75) is 25.9 Å². The van der Waals surface area contributed by atoms with E-state index in [0.29, 0.717) is 18.8 Å². The van der Waals surface area contributed by atoms with Crippen molar-refractivity contribution in [3.8, 4) is 11.5 Å². The summed E-state index contributed by atoms with van der Waals surface area (Å²) in [5.41, 5.74) is 3.26. The first kappa shape index (κ1) is 19.2. The predicted octanol–water partition coefficient (Wildman–Crippen LogP) is 3.08. The fourth-order valence-corrected chi connectivity index (χ4v) is 3.40. The molecule has 144 valence electrons. The molecule has 1 aliphatic heterocycles. The SMILES string of the molecule is COc1cc2c(cc1OC)CN(CC(=O)NC(C)c1ccc(F)cc1)CC2. The number of carbonyl (C=O) groups is 1. The van der Waals surface area contributed by atoms with Gasteiger partial charge in [-0.15, -0.1) is 0 Å². The maximum Gasteiger partial charge on any atom is 0.234 e. The van der Waals surface area contributed by atoms with Crippen molar-refractivity contribution in [2.24, 2.45) is 0 Å². The average molecular weight is 372 g/mol. The molecular formula is C21H25FN2O3. The fourth-order valence-electron chi connectivity index (χ4n) is 3.40. The molecule has 2 aromatic rings. The van der Waals surface area contributed by atoms with Crippen LogP contribution in [0, 0.1) is 5.82 Å². The van der Waals surface area contributed by atoms with E-state index in [1.807, 2.05) is 19.1 Å². The van der Waals surface area contributed by atoms with Crippen LogP contribution in [0.15, 0.2) is 36.4 Å². The molecule has 0 bridgehead atoms. The van der Waals surface area contributed by atoms with Gasteiger partial charge in [-0.1, -0.05) is 12.1 Å². The molecular weight excluding hydrogens is 347 g/mol. The Morgan fingerprint density at radius 3 is 2.41 bits per heavy atom. The molecule has 2 aromatic carbocycles. The minimum absolute atomic E-state index is 0.0456. The van der Waals surface area contributed by atoms with Gasteiger partial charge in [-0.2, -0.15) is 0 Å². The highest BCUT2D eigenvalue weighted by Crippen LogP contribution is 2.33. The Kier molecular flexibility index (Phi) is 5.96. The molecule has 1 unspecified atom stereocenters. The van der Waals surface area contributed by atoms with Crippen LogP contribution in [0.2, 0.25) is 0 Å². The Labute approximate surface area is 159 Å². The Morgan fingerprint density at radius 2 is 1.78 bits per heavy atom. The molecule has 0 saturated heterocycles. The number of rotatable bonds is 6. The van der Waals surface area contributed by atoms with E-state index in [2.05, 4.69) is 10.2 Å². The number of ether oxygens (including phenoxy) is 2. The van der Waals surface area contributed by atoms with Crippen LogP contribution in [0.25, 0.3) is 0 Å². The van der Waals surface area contributed by atoms with Crippen LogP contribution in [-0.2, 0) is 17.8 Å². The van der Waals surface area contributed by atoms with Gasteiger partial charge in [0.2, 0.25) is 5.91 Å². The molecule has 0 saturated carbocycles. The van der Waals surface area contributed by atoms with Gasteiger partial charge in [0.15, 0.2) is 11.5 Å². The van der Waals surface area contributed by atoms with E-state index in [-0.39, 0.29) is 17.8 Å². The van der Waals surface area contributed by atoms with Crippen molar-refractivity contribution >= 4 is 5.91 Å². The van der Waals surface area contributed by atoms with Crippen molar-refractivity contribution in [2.75, 3.05) is 27.3 Å². The highest BCUT2D eigenvalue weighted by molar-refractivity contribution is 5.78. The van der Waals surface area contributed by atoms with Gasteiger partial charge in [0.05, 0.1) is 26.8 Å². The first-order chi connectivity index (χ1) is 13.0. The minimum atomic E-state index is -0.281. The molecule has 3 rings (SSSR count). The number of amides is 1. The Balaban J connectivity index is 1.60. The Morgan fingerprint density at radius 1 is 1.15 bits per heavy atom. The zero-order chi connectivity index (χ0) is 19.4. The minimum Gasteiger partial charge on any atom is -0.493 e. The van der Waals surface area contributed by atoms with E-state index in [1.165, 1.54) is 17.7 Å². The molecule has 1 N–H and O–H groups in total. The Hall–Kier alpha value is -2.60. The highest BCUT2D eigenvalue weighted by atomic mass is 19.1. The lowest BCUT2D eigenvalue weighted by Crippen LogP contribution is -2.40. The van der Waals surface area contributed by atoms with Crippen LogP contribution in [0.4, 0.5) is 4.39 Å². The van der Waals surface area contributed by atoms with Crippen molar-refractivity contribution in [1.29, 1.82) is 0 Å². The van der Waals surface area contributed by atoms with Crippen LogP contribution in [0.1, 0.15) is 29.7 Å². The second-order valence-corrected chi connectivity index (χ2v) is 6.78. The van der Waals surface area contributed by atoms with E-state index >= 15 is 0 Å². The summed E-state index contributed by atoms with van der Waals surface area (Å²) in [7, 11) is 3.25. The summed E-state index contributed by atoms with van der Waals surface area (Å²) in [5.74, 6) is 1.11. The first-order valence-corrected chi connectivity index (χ1v) is 9.01. The van der Waals surface area contributed by atoms with Gasteiger partial charge in [0.25, 0.3) is 0 Å². The standard InChI is InChI=1S/C21H25FN2O3/c1-14(15-4-6-18(22)7-5-15)23-21(25)13-24-9-8-16-10-19(26-2)20(27-3)11-17(16)12-24/h4-7,10-11,14H,8-9,12-13H2,1-3H3,(H,23,25). The molecule has 1 amide bonds. The van der Waals surface area contributed by atoms with E-state index in [9.17, 15) is 9.18 Å². The maximum atomic E-state index is 13.0. The second-order valence-electron chi connectivity index (χ2n) is 6.78. The summed E-state index contributed by atoms with van der Waals surface area (Å²) in [4.78, 5) is 14.5. The molecule has 0 aliphatic carbocycles. The first-order valence-electron chi connectivity index (χ1n) is 9.01. The monoisotopic (exact) mass is 372 g/mol. The van der Waals surface area contributed by atoms with Crippen molar-refractivity contribution in [3.05, 3.63) is 58.9 Å². The van der Waals surface area contributed by atoms with Gasteiger partial charge in [-0.3, -0.25) is 9.69 Å². The van der Waals surface area contributed by atoms with Crippen molar-refractivity contribution in [3.63, 3.8) is 0 Å². The number of nitrogens with one attached hydrogen (secondary N) is 1. The zero-order valence-corrected chi connectivity index (χ0v) is 15.9. The summed E-state index contributed by atoms with van der Waals surface area (Å²) in [6.45, 7) is 3.71. The maximum absolute atomic E-state index is 13.0. The fraction of sp³-hybridized carbons (Fsp3) is 0.381. The summed E-state index contributed by atoms with van der Waals surface area (Å²) in [6, 6.07) is 10.0. The highest BCUT2D eigenvalue weighted by Gasteiger charge is 2.21. The van der Waals surface area contributed by atoms with E-state index in [0.717, 1.165) is 29.8 Å². The van der Waals surface area contributed by atoms with Crippen molar-refractivity contribution < 1.29 is 18.7 Å². The molecule has 5 nitrogen and oxygen atoms in total. The number of benzene rings is 2. The van der Waals surface area contributed by atoms with Crippen LogP contribution >= 0.6 is 0 Å². The van der Waals surface area contributed by atoms with E-state index in [4.69, 9.17) is 9.47 Å². The predicted molar refractivity (Wildman–Crippen MR) is 101 cm³/mol. The van der Waals surface area contributed by atoms with Gasteiger partial charge in [0, 0.05) is 13.1 Å². The van der Waals surface area contributed by atoms with Crippen molar-refractivity contribution in [1.82, 2.24) is 10.2 Å². The van der Waals surface area contributed by atoms with Gasteiger partial charge >= 0.3 is 0 Å². The Bertz CT molecular complexity index is 808. The van der Waals surface area contributed by atoms with E-state index < -0.39 is 0 Å². The van der Waals surface area contributed by atoms with E-state index in [1.54, 1.807) is 26.4 Å². The van der Waals surface area contributed by atoms with Crippen LogP contribution in [0.3, 0.4) is 0 Å². The molecule has 6 heteroatoms. The second kappa shape index (κ2) is 8.39. The summed E-state index contributed by atoms with van der Waals surface area (Å²) >= 11 is 0. The lowest BCUT2D eigenvalue weighted by Gasteiger charge is -2.29. The third-order valence-electron chi connectivity index (χ3n) is 4.91. The molecule has 0 fully saturated rings. The lowest BCUT2D eigenvalue weighted by atomic mass is 9.98. The topological polar surface area (TPSA) is 50.8 Å². The number of methoxy groups -OCH3 is 2. The molecule has 1 aliphatic rings. The average Bonchev–Trinajstić information content (AvgIpc) is 2.67. The number of nitrogens with zero attached hydrogens (tertiary/aromatic N) is 1. The molecule has 0 aromatic heterocycles. The number of halogens is 1. The molecule has 0 spiro atoms. The van der Waals surface area contributed by atoms with Gasteiger partial charge in [-0.05, 0) is 54.3 Å². The smallest absolute Gasteiger partial charge is 0.234 e. The van der Waals surface area contributed by atoms with Crippen LogP contribution in [0.5, 0.6) is 11.5 Å². The molecule has 1 heterocycles. The lowest BCUT2D eigenvalue weighted by molar-refractivity contribution is -0.123. The van der Waals surface area contributed by atoms with Gasteiger partial charge in [0.1, 0.15) is 5.82 Å². The third-order valence-corrected chi connectivity index (χ3v) is 4.91. The number of fused-ring (bicyclic) bond motifs is 1. The van der Waals surface area contributed by atoms with Crippen LogP contribution in [-0.4, -0.2) is 38.1 Å². The zero-order valence-electron chi connectivity index (χ0n) is 15.9. The molecule has 0 radical (unpaired) electrons. The quantitative estimate of drug-likeness (QED) is 0.847. The van der Waals surface area contributed by atoms with Gasteiger partial charge < -0.3 is 14.8 Å². The summed E-state index contributed by atoms with van der Waals surface area (Å²) in [5, 5.41) is 2.98. The largest absolute Gasteiger partial charge is 0.493 e. The van der Waals surface area contributed by atoms with Crippen LogP contribution < -0.4 is 14.8 Å².